The fourth-order valence-electron chi connectivity index (χ4n) is 2.08. The Balaban J connectivity index is 2.30. The van der Waals surface area contributed by atoms with Crippen molar-refractivity contribution in [1.82, 2.24) is 0 Å². The predicted octanol–water partition coefficient (Wildman–Crippen LogP) is 4.86. The number of aryl methyl sites for hydroxylation is 1. The van der Waals surface area contributed by atoms with Crippen molar-refractivity contribution in [2.45, 2.75) is 32.7 Å². The molecule has 0 radical (unpaired) electrons. The van der Waals surface area contributed by atoms with Gasteiger partial charge in [0, 0.05) is 11.1 Å². The third-order valence-electron chi connectivity index (χ3n) is 3.39. The van der Waals surface area contributed by atoms with Gasteiger partial charge in [0.1, 0.15) is 17.3 Å². The molecule has 0 saturated heterocycles. The molecule has 0 bridgehead atoms. The summed E-state index contributed by atoms with van der Waals surface area (Å²) in [6, 6.07) is 9.98. The standard InChI is InChI=1S/C17H19ClFNO/c1-3-15(20)10-12-9-13(18)4-6-17(12)21-16-7-5-14(19)8-11(16)2/h4-9,15H,3,10,20H2,1-2H3. The number of benzene rings is 2. The van der Waals surface area contributed by atoms with Gasteiger partial charge in [-0.2, -0.15) is 0 Å². The largest absolute Gasteiger partial charge is 0.457 e. The molecule has 1 unspecified atom stereocenters. The number of hydrogen-bond acceptors (Lipinski definition) is 2. The summed E-state index contributed by atoms with van der Waals surface area (Å²) in [5.41, 5.74) is 7.72. The first-order valence-corrected chi connectivity index (χ1v) is 7.35. The number of halogens is 2. The molecule has 21 heavy (non-hydrogen) atoms. The summed E-state index contributed by atoms with van der Waals surface area (Å²) in [7, 11) is 0. The van der Waals surface area contributed by atoms with Gasteiger partial charge in [0.05, 0.1) is 0 Å². The van der Waals surface area contributed by atoms with E-state index in [1.165, 1.54) is 12.1 Å². The van der Waals surface area contributed by atoms with Crippen LogP contribution in [0.3, 0.4) is 0 Å². The van der Waals surface area contributed by atoms with Gasteiger partial charge in [-0.3, -0.25) is 0 Å². The van der Waals surface area contributed by atoms with E-state index >= 15 is 0 Å². The minimum Gasteiger partial charge on any atom is -0.457 e. The van der Waals surface area contributed by atoms with Crippen molar-refractivity contribution < 1.29 is 9.13 Å². The molecule has 0 amide bonds. The van der Waals surface area contributed by atoms with Crippen molar-refractivity contribution in [3.8, 4) is 11.5 Å². The Morgan fingerprint density at radius 1 is 1.19 bits per heavy atom. The zero-order chi connectivity index (χ0) is 15.4. The van der Waals surface area contributed by atoms with Crippen molar-refractivity contribution in [2.75, 3.05) is 0 Å². The first-order valence-electron chi connectivity index (χ1n) is 6.97. The monoisotopic (exact) mass is 307 g/mol. The maximum atomic E-state index is 13.1. The zero-order valence-electron chi connectivity index (χ0n) is 12.2. The average Bonchev–Trinajstić information content (AvgIpc) is 2.44. The van der Waals surface area contributed by atoms with Crippen LogP contribution in [0.5, 0.6) is 11.5 Å². The summed E-state index contributed by atoms with van der Waals surface area (Å²) < 4.78 is 19.1. The molecule has 0 fully saturated rings. The van der Waals surface area contributed by atoms with Crippen LogP contribution in [0.25, 0.3) is 0 Å². The quantitative estimate of drug-likeness (QED) is 0.856. The lowest BCUT2D eigenvalue weighted by molar-refractivity contribution is 0.466. The van der Waals surface area contributed by atoms with Crippen molar-refractivity contribution in [3.05, 3.63) is 58.4 Å². The van der Waals surface area contributed by atoms with E-state index in [-0.39, 0.29) is 11.9 Å². The minimum atomic E-state index is -0.274. The summed E-state index contributed by atoms with van der Waals surface area (Å²) >= 11 is 6.05. The van der Waals surface area contributed by atoms with E-state index < -0.39 is 0 Å². The second-order valence-electron chi connectivity index (χ2n) is 5.14. The lowest BCUT2D eigenvalue weighted by atomic mass is 10.0. The summed E-state index contributed by atoms with van der Waals surface area (Å²) in [6.45, 7) is 3.85. The molecule has 0 aromatic heterocycles. The molecule has 2 N–H and O–H groups in total. The Morgan fingerprint density at radius 3 is 2.57 bits per heavy atom. The Bertz CT molecular complexity index is 630. The van der Waals surface area contributed by atoms with Gasteiger partial charge >= 0.3 is 0 Å². The first-order chi connectivity index (χ1) is 9.99. The first kappa shape index (κ1) is 15.8. The molecular weight excluding hydrogens is 289 g/mol. The van der Waals surface area contributed by atoms with E-state index in [0.717, 1.165) is 17.5 Å². The van der Waals surface area contributed by atoms with E-state index in [1.54, 1.807) is 12.1 Å². The molecule has 0 saturated carbocycles. The van der Waals surface area contributed by atoms with E-state index in [2.05, 4.69) is 0 Å². The van der Waals surface area contributed by atoms with Crippen LogP contribution in [0.1, 0.15) is 24.5 Å². The van der Waals surface area contributed by atoms with Crippen molar-refractivity contribution in [1.29, 1.82) is 0 Å². The van der Waals surface area contributed by atoms with Gasteiger partial charge in [-0.15, -0.1) is 0 Å². The highest BCUT2D eigenvalue weighted by atomic mass is 35.5. The predicted molar refractivity (Wildman–Crippen MR) is 84.6 cm³/mol. The van der Waals surface area contributed by atoms with Gasteiger partial charge in [-0.1, -0.05) is 18.5 Å². The molecule has 0 heterocycles. The molecule has 2 aromatic carbocycles. The normalized spacial score (nSPS) is 12.2. The molecule has 2 aromatic rings. The van der Waals surface area contributed by atoms with Gasteiger partial charge in [0.25, 0.3) is 0 Å². The number of nitrogens with two attached hydrogens (primary N) is 1. The van der Waals surface area contributed by atoms with Crippen LogP contribution in [0.4, 0.5) is 4.39 Å². The summed E-state index contributed by atoms with van der Waals surface area (Å²) in [5, 5.41) is 0.650. The SMILES string of the molecule is CCC(N)Cc1cc(Cl)ccc1Oc1ccc(F)cc1C. The second kappa shape index (κ2) is 6.92. The fraction of sp³-hybridized carbons (Fsp3) is 0.294. The highest BCUT2D eigenvalue weighted by Crippen LogP contribution is 2.31. The van der Waals surface area contributed by atoms with Crippen LogP contribution in [-0.4, -0.2) is 6.04 Å². The van der Waals surface area contributed by atoms with Crippen LogP contribution in [0.2, 0.25) is 5.02 Å². The zero-order valence-corrected chi connectivity index (χ0v) is 13.0. The van der Waals surface area contributed by atoms with Gasteiger partial charge < -0.3 is 10.5 Å². The van der Waals surface area contributed by atoms with E-state index in [0.29, 0.717) is 22.9 Å². The Hall–Kier alpha value is -1.58. The van der Waals surface area contributed by atoms with Crippen LogP contribution >= 0.6 is 11.6 Å². The maximum absolute atomic E-state index is 13.1. The van der Waals surface area contributed by atoms with Gasteiger partial charge in [-0.25, -0.2) is 4.39 Å². The molecule has 1 atom stereocenters. The third kappa shape index (κ3) is 4.19. The molecular formula is C17H19ClFNO. The molecule has 112 valence electrons. The second-order valence-corrected chi connectivity index (χ2v) is 5.57. The van der Waals surface area contributed by atoms with Crippen LogP contribution in [0.15, 0.2) is 36.4 Å². The van der Waals surface area contributed by atoms with Gasteiger partial charge in [0.15, 0.2) is 0 Å². The van der Waals surface area contributed by atoms with Crippen molar-refractivity contribution in [3.63, 3.8) is 0 Å². The lowest BCUT2D eigenvalue weighted by Gasteiger charge is -2.15. The van der Waals surface area contributed by atoms with E-state index in [1.807, 2.05) is 26.0 Å². The average molecular weight is 308 g/mol. The number of hydrogen-bond donors (Lipinski definition) is 1. The number of ether oxygens (including phenoxy) is 1. The Morgan fingerprint density at radius 2 is 1.90 bits per heavy atom. The van der Waals surface area contributed by atoms with Crippen molar-refractivity contribution in [2.24, 2.45) is 5.73 Å². The summed E-state index contributed by atoms with van der Waals surface area (Å²) in [4.78, 5) is 0. The van der Waals surface area contributed by atoms with Crippen LogP contribution in [0, 0.1) is 12.7 Å². The van der Waals surface area contributed by atoms with Crippen LogP contribution in [-0.2, 0) is 6.42 Å². The van der Waals surface area contributed by atoms with Crippen molar-refractivity contribution >= 4 is 11.6 Å². The van der Waals surface area contributed by atoms with Gasteiger partial charge in [0.2, 0.25) is 0 Å². The maximum Gasteiger partial charge on any atom is 0.130 e. The fourth-order valence-corrected chi connectivity index (χ4v) is 2.27. The Kier molecular flexibility index (Phi) is 5.21. The lowest BCUT2D eigenvalue weighted by Crippen LogP contribution is -2.21. The number of rotatable bonds is 5. The smallest absolute Gasteiger partial charge is 0.130 e. The highest BCUT2D eigenvalue weighted by molar-refractivity contribution is 6.30. The molecule has 0 aliphatic heterocycles. The Labute approximate surface area is 129 Å². The summed E-state index contributed by atoms with van der Waals surface area (Å²) in [5.74, 6) is 1.06. The highest BCUT2D eigenvalue weighted by Gasteiger charge is 2.11. The van der Waals surface area contributed by atoms with Gasteiger partial charge in [-0.05, 0) is 67.3 Å². The molecule has 2 nitrogen and oxygen atoms in total. The summed E-state index contributed by atoms with van der Waals surface area (Å²) in [6.07, 6.45) is 1.56. The molecule has 0 aliphatic rings. The third-order valence-corrected chi connectivity index (χ3v) is 3.62. The minimum absolute atomic E-state index is 0.0557. The van der Waals surface area contributed by atoms with E-state index in [4.69, 9.17) is 22.1 Å². The van der Waals surface area contributed by atoms with E-state index in [9.17, 15) is 4.39 Å². The molecule has 0 spiro atoms. The topological polar surface area (TPSA) is 35.2 Å². The molecule has 4 heteroatoms. The molecule has 0 aliphatic carbocycles. The van der Waals surface area contributed by atoms with Crippen LogP contribution < -0.4 is 10.5 Å². The molecule has 2 rings (SSSR count).